The molecule has 2 aromatic carbocycles. The lowest BCUT2D eigenvalue weighted by Crippen LogP contribution is -2.44. The molecule has 2 atom stereocenters. The molecule has 0 bridgehead atoms. The first kappa shape index (κ1) is 26.7. The Kier molecular flexibility index (Phi) is 7.73. The number of benzene rings is 2. The summed E-state index contributed by atoms with van der Waals surface area (Å²) in [6.45, 7) is 2.99. The van der Waals surface area contributed by atoms with Crippen molar-refractivity contribution in [1.29, 1.82) is 0 Å². The van der Waals surface area contributed by atoms with Gasteiger partial charge in [-0.2, -0.15) is 5.10 Å². The van der Waals surface area contributed by atoms with E-state index in [0.29, 0.717) is 19.0 Å². The van der Waals surface area contributed by atoms with Crippen LogP contribution in [0.25, 0.3) is 16.3 Å². The van der Waals surface area contributed by atoms with Gasteiger partial charge >= 0.3 is 0 Å². The predicted molar refractivity (Wildman–Crippen MR) is 157 cm³/mol. The van der Waals surface area contributed by atoms with Crippen LogP contribution in [0.2, 0.25) is 0 Å². The zero-order valence-electron chi connectivity index (χ0n) is 22.0. The highest BCUT2D eigenvalue weighted by molar-refractivity contribution is 8.00. The van der Waals surface area contributed by atoms with Crippen LogP contribution in [0.3, 0.4) is 0 Å². The molecule has 4 aromatic rings. The highest BCUT2D eigenvalue weighted by Crippen LogP contribution is 2.49. The van der Waals surface area contributed by atoms with Gasteiger partial charge in [0, 0.05) is 18.7 Å². The number of fused-ring (bicyclic) bond motifs is 1. The zero-order chi connectivity index (χ0) is 27.6. The average Bonchev–Trinajstić information content (AvgIpc) is 3.72. The lowest BCUT2D eigenvalue weighted by Gasteiger charge is -2.23. The lowest BCUT2D eigenvalue weighted by atomic mass is 10.0. The fraction of sp³-hybridized carbons (Fsp3) is 0.300. The van der Waals surface area contributed by atoms with E-state index in [0.717, 1.165) is 45.8 Å². The summed E-state index contributed by atoms with van der Waals surface area (Å²) < 4.78 is 21.3. The Bertz CT molecular complexity index is 1500. The summed E-state index contributed by atoms with van der Waals surface area (Å²) in [6, 6.07) is 18.3. The van der Waals surface area contributed by atoms with Crippen LogP contribution in [0.1, 0.15) is 34.8 Å². The van der Waals surface area contributed by atoms with Gasteiger partial charge in [-0.05, 0) is 61.0 Å². The maximum Gasteiger partial charge on any atom is 0.240 e. The first-order valence-corrected chi connectivity index (χ1v) is 15.2. The number of amides is 2. The minimum absolute atomic E-state index is 0.00118. The number of hydrogen-bond acceptors (Lipinski definition) is 6. The molecule has 2 aromatic heterocycles. The van der Waals surface area contributed by atoms with E-state index in [1.165, 1.54) is 23.9 Å². The number of ether oxygens (including phenoxy) is 1. The van der Waals surface area contributed by atoms with Crippen molar-refractivity contribution in [3.8, 4) is 16.3 Å². The third-order valence-corrected chi connectivity index (χ3v) is 9.28. The largest absolute Gasteiger partial charge is 0.376 e. The summed E-state index contributed by atoms with van der Waals surface area (Å²) in [4.78, 5) is 29.5. The summed E-state index contributed by atoms with van der Waals surface area (Å²) in [5.41, 5.74) is 4.32. The molecule has 1 saturated heterocycles. The van der Waals surface area contributed by atoms with Crippen molar-refractivity contribution in [2.75, 3.05) is 30.3 Å². The first-order valence-electron chi connectivity index (χ1n) is 13.3. The van der Waals surface area contributed by atoms with Crippen LogP contribution in [-0.2, 0) is 14.3 Å². The van der Waals surface area contributed by atoms with Crippen molar-refractivity contribution in [1.82, 2.24) is 15.1 Å². The Morgan fingerprint density at radius 3 is 2.65 bits per heavy atom. The second kappa shape index (κ2) is 11.6. The monoisotopic (exact) mass is 576 g/mol. The van der Waals surface area contributed by atoms with E-state index in [4.69, 9.17) is 9.84 Å². The number of carbonyl (C=O) groups is 2. The molecule has 6 rings (SSSR count). The molecule has 10 heteroatoms. The summed E-state index contributed by atoms with van der Waals surface area (Å²) in [5, 5.41) is 9.72. The van der Waals surface area contributed by atoms with E-state index in [9.17, 15) is 14.0 Å². The zero-order valence-corrected chi connectivity index (χ0v) is 23.6. The number of hydrogen-bond donors (Lipinski definition) is 1. The number of nitrogens with zero attached hydrogens (tertiary/aromatic N) is 3. The second-order valence-electron chi connectivity index (χ2n) is 9.97. The fourth-order valence-electron chi connectivity index (χ4n) is 5.11. The van der Waals surface area contributed by atoms with Crippen molar-refractivity contribution in [2.45, 2.75) is 31.1 Å². The van der Waals surface area contributed by atoms with Crippen molar-refractivity contribution in [3.63, 3.8) is 0 Å². The maximum atomic E-state index is 13.9. The standard InChI is InChI=1S/C30H29FN4O3S2/c1-19-6-12-22(13-7-19)35-30-27(28(33-35)24-5-3-15-39-24)29(20-8-10-21(31)11-9-20)40-18-26(37)34(30)17-25(36)32-16-23-4-2-14-38-23/h3,5-13,15,23,29H,2,4,14,16-18H2,1H3,(H,32,36)/t23-,29+/m0/s1. The Morgan fingerprint density at radius 2 is 1.95 bits per heavy atom. The van der Waals surface area contributed by atoms with Crippen LogP contribution in [0, 0.1) is 12.7 Å². The molecule has 206 valence electrons. The quantitative estimate of drug-likeness (QED) is 0.314. The van der Waals surface area contributed by atoms with Crippen LogP contribution in [0.15, 0.2) is 66.0 Å². The summed E-state index contributed by atoms with van der Waals surface area (Å²) >= 11 is 3.03. The highest BCUT2D eigenvalue weighted by atomic mass is 32.2. The molecule has 4 heterocycles. The van der Waals surface area contributed by atoms with Crippen LogP contribution in [0.4, 0.5) is 10.2 Å². The Morgan fingerprint density at radius 1 is 1.15 bits per heavy atom. The van der Waals surface area contributed by atoms with E-state index >= 15 is 0 Å². The predicted octanol–water partition coefficient (Wildman–Crippen LogP) is 5.51. The Balaban J connectivity index is 1.49. The molecule has 1 N–H and O–H groups in total. The highest BCUT2D eigenvalue weighted by Gasteiger charge is 2.38. The number of carbonyl (C=O) groups excluding carboxylic acids is 2. The summed E-state index contributed by atoms with van der Waals surface area (Å²) in [5.74, 6) is -0.0441. The van der Waals surface area contributed by atoms with E-state index < -0.39 is 0 Å². The van der Waals surface area contributed by atoms with Gasteiger partial charge in [-0.1, -0.05) is 35.9 Å². The fourth-order valence-corrected chi connectivity index (χ4v) is 7.04. The maximum absolute atomic E-state index is 13.9. The normalized spacial score (nSPS) is 18.9. The molecular weight excluding hydrogens is 547 g/mol. The molecule has 0 saturated carbocycles. The number of halogens is 1. The van der Waals surface area contributed by atoms with Crippen LogP contribution in [-0.4, -0.2) is 53.1 Å². The minimum Gasteiger partial charge on any atom is -0.376 e. The number of aryl methyl sites for hydroxylation is 1. The smallest absolute Gasteiger partial charge is 0.240 e. The van der Waals surface area contributed by atoms with Gasteiger partial charge in [-0.25, -0.2) is 9.07 Å². The van der Waals surface area contributed by atoms with Gasteiger partial charge in [0.05, 0.1) is 27.7 Å². The van der Waals surface area contributed by atoms with Crippen molar-refractivity contribution < 1.29 is 18.7 Å². The van der Waals surface area contributed by atoms with Crippen molar-refractivity contribution in [3.05, 3.63) is 88.6 Å². The first-order chi connectivity index (χ1) is 19.5. The van der Waals surface area contributed by atoms with Crippen LogP contribution in [0.5, 0.6) is 0 Å². The third kappa shape index (κ3) is 5.43. The van der Waals surface area contributed by atoms with E-state index in [2.05, 4.69) is 5.32 Å². The van der Waals surface area contributed by atoms with Crippen LogP contribution >= 0.6 is 23.1 Å². The number of thioether (sulfide) groups is 1. The van der Waals surface area contributed by atoms with Gasteiger partial charge in [0.2, 0.25) is 11.8 Å². The molecule has 40 heavy (non-hydrogen) atoms. The molecule has 2 amide bonds. The molecule has 0 radical (unpaired) electrons. The van der Waals surface area contributed by atoms with Gasteiger partial charge in [0.1, 0.15) is 23.9 Å². The average molecular weight is 577 g/mol. The minimum atomic E-state index is -0.322. The van der Waals surface area contributed by atoms with E-state index in [-0.39, 0.29) is 41.3 Å². The summed E-state index contributed by atoms with van der Waals surface area (Å²) in [6.07, 6.45) is 1.90. The number of thiophene rings is 1. The molecule has 0 spiro atoms. The molecule has 7 nitrogen and oxygen atoms in total. The second-order valence-corrected chi connectivity index (χ2v) is 12.0. The topological polar surface area (TPSA) is 76.5 Å². The molecular formula is C30H29FN4O3S2. The Labute approximate surface area is 240 Å². The summed E-state index contributed by atoms with van der Waals surface area (Å²) in [7, 11) is 0. The van der Waals surface area contributed by atoms with Gasteiger partial charge < -0.3 is 10.1 Å². The number of anilines is 1. The van der Waals surface area contributed by atoms with E-state index in [1.807, 2.05) is 48.7 Å². The Hall–Kier alpha value is -3.47. The van der Waals surface area contributed by atoms with E-state index in [1.54, 1.807) is 33.1 Å². The van der Waals surface area contributed by atoms with Crippen molar-refractivity contribution in [2.24, 2.45) is 0 Å². The molecule has 2 aliphatic heterocycles. The molecule has 0 aliphatic carbocycles. The van der Waals surface area contributed by atoms with Crippen molar-refractivity contribution >= 4 is 40.7 Å². The molecule has 0 unspecified atom stereocenters. The number of aromatic nitrogens is 2. The lowest BCUT2D eigenvalue weighted by molar-refractivity contribution is -0.123. The van der Waals surface area contributed by atoms with Gasteiger partial charge in [-0.3, -0.25) is 14.5 Å². The number of nitrogens with one attached hydrogen (secondary N) is 1. The van der Waals surface area contributed by atoms with Crippen LogP contribution < -0.4 is 10.2 Å². The third-order valence-electron chi connectivity index (χ3n) is 7.15. The molecule has 2 aliphatic rings. The van der Waals surface area contributed by atoms with Gasteiger partial charge in [0.25, 0.3) is 0 Å². The SMILES string of the molecule is Cc1ccc(-n2nc(-c3cccs3)c3c2N(CC(=O)NC[C@@H]2CCCO2)C(=O)CS[C@@H]3c2ccc(F)cc2)cc1. The number of rotatable bonds is 7. The van der Waals surface area contributed by atoms with Gasteiger partial charge in [0.15, 0.2) is 0 Å². The molecule has 1 fully saturated rings. The van der Waals surface area contributed by atoms with Gasteiger partial charge in [-0.15, -0.1) is 23.1 Å².